The maximum Gasteiger partial charge on any atom is 0.119 e. The Hall–Kier alpha value is -2.66. The van der Waals surface area contributed by atoms with E-state index in [2.05, 4.69) is 52.3 Å². The highest BCUT2D eigenvalue weighted by molar-refractivity contribution is 5.98. The van der Waals surface area contributed by atoms with Crippen molar-refractivity contribution in [2.75, 3.05) is 33.9 Å². The maximum atomic E-state index is 9.48. The lowest BCUT2D eigenvalue weighted by Crippen LogP contribution is -2.19. The molecule has 5 heteroatoms. The molecule has 0 radical (unpaired) electrons. The molecule has 0 spiro atoms. The summed E-state index contributed by atoms with van der Waals surface area (Å²) < 4.78 is 5.87. The second kappa shape index (κ2) is 12.9. The summed E-state index contributed by atoms with van der Waals surface area (Å²) in [5, 5.41) is 9.48. The van der Waals surface area contributed by atoms with Crippen molar-refractivity contribution in [3.63, 3.8) is 0 Å². The number of aliphatic hydroxyl groups excluding tert-OH is 1. The van der Waals surface area contributed by atoms with Crippen LogP contribution < -0.4 is 4.74 Å². The first-order valence-electron chi connectivity index (χ1n) is 10.4. The van der Waals surface area contributed by atoms with Crippen LogP contribution in [-0.4, -0.2) is 48.8 Å². The molecule has 0 saturated heterocycles. The third-order valence-electron chi connectivity index (χ3n) is 4.91. The smallest absolute Gasteiger partial charge is 0.119 e. The Labute approximate surface area is 191 Å². The molecule has 1 heterocycles. The molecule has 1 aromatic heterocycles. The van der Waals surface area contributed by atoms with Gasteiger partial charge in [0.05, 0.1) is 0 Å². The lowest BCUT2D eigenvalue weighted by molar-refractivity contribution is 0.261. The average Bonchev–Trinajstić information content (AvgIpc) is 2.78. The SMILES string of the molecule is CN(C)CCOc1ccc(/C(=C(/CCCO)c2cccnc2)c2ccccc2)cc1.Cl. The molecule has 31 heavy (non-hydrogen) atoms. The monoisotopic (exact) mass is 438 g/mol. The van der Waals surface area contributed by atoms with Gasteiger partial charge in [-0.15, -0.1) is 12.4 Å². The standard InChI is InChI=1S/C26H30N2O2.ClH/c1-28(2)17-19-30-24-14-12-22(13-15-24)26(21-8-4-3-5-9-21)25(11-7-18-29)23-10-6-16-27-20-23;/h3-6,8-10,12-16,20,29H,7,11,17-19H2,1-2H3;1H/b26-25-;. The fourth-order valence-electron chi connectivity index (χ4n) is 3.39. The summed E-state index contributed by atoms with van der Waals surface area (Å²) >= 11 is 0. The highest BCUT2D eigenvalue weighted by Crippen LogP contribution is 2.35. The van der Waals surface area contributed by atoms with Crippen molar-refractivity contribution in [2.45, 2.75) is 12.8 Å². The molecule has 2 aromatic carbocycles. The van der Waals surface area contributed by atoms with Crippen molar-refractivity contribution >= 4 is 23.6 Å². The largest absolute Gasteiger partial charge is 0.492 e. The molecule has 164 valence electrons. The van der Waals surface area contributed by atoms with E-state index < -0.39 is 0 Å². The van der Waals surface area contributed by atoms with E-state index in [1.807, 2.05) is 44.6 Å². The first kappa shape index (κ1) is 24.6. The second-order valence-electron chi connectivity index (χ2n) is 7.46. The normalized spacial score (nSPS) is 11.6. The van der Waals surface area contributed by atoms with E-state index in [9.17, 15) is 5.11 Å². The Balaban J connectivity index is 0.00000341. The minimum absolute atomic E-state index is 0. The molecule has 0 aliphatic heterocycles. The van der Waals surface area contributed by atoms with Gasteiger partial charge in [0, 0.05) is 25.5 Å². The molecule has 3 rings (SSSR count). The zero-order valence-corrected chi connectivity index (χ0v) is 19.0. The van der Waals surface area contributed by atoms with E-state index in [1.54, 1.807) is 6.20 Å². The van der Waals surface area contributed by atoms with Gasteiger partial charge in [-0.1, -0.05) is 48.5 Å². The van der Waals surface area contributed by atoms with E-state index in [0.29, 0.717) is 13.0 Å². The summed E-state index contributed by atoms with van der Waals surface area (Å²) in [7, 11) is 4.07. The van der Waals surface area contributed by atoms with Crippen LogP contribution in [0.4, 0.5) is 0 Å². The Bertz CT molecular complexity index is 927. The van der Waals surface area contributed by atoms with Gasteiger partial charge in [-0.25, -0.2) is 0 Å². The predicted molar refractivity (Wildman–Crippen MR) is 131 cm³/mol. The van der Waals surface area contributed by atoms with Gasteiger partial charge in [-0.05, 0) is 73.0 Å². The van der Waals surface area contributed by atoms with E-state index in [4.69, 9.17) is 4.74 Å². The van der Waals surface area contributed by atoms with Gasteiger partial charge in [-0.2, -0.15) is 0 Å². The minimum Gasteiger partial charge on any atom is -0.492 e. The van der Waals surface area contributed by atoms with Crippen molar-refractivity contribution in [1.29, 1.82) is 0 Å². The average molecular weight is 439 g/mol. The van der Waals surface area contributed by atoms with Gasteiger partial charge < -0.3 is 14.7 Å². The molecule has 0 saturated carbocycles. The summed E-state index contributed by atoms with van der Waals surface area (Å²) in [5.74, 6) is 0.867. The maximum absolute atomic E-state index is 9.48. The molecular formula is C26H31ClN2O2. The fourth-order valence-corrected chi connectivity index (χ4v) is 3.39. The molecule has 0 unspecified atom stereocenters. The van der Waals surface area contributed by atoms with Crippen molar-refractivity contribution in [3.05, 3.63) is 95.8 Å². The molecule has 4 nitrogen and oxygen atoms in total. The number of aromatic nitrogens is 1. The van der Waals surface area contributed by atoms with Crippen LogP contribution in [0.25, 0.3) is 11.1 Å². The van der Waals surface area contributed by atoms with E-state index >= 15 is 0 Å². The summed E-state index contributed by atoms with van der Waals surface area (Å²) in [6.07, 6.45) is 5.16. The Morgan fingerprint density at radius 1 is 0.903 bits per heavy atom. The van der Waals surface area contributed by atoms with Crippen LogP contribution in [0.2, 0.25) is 0 Å². The lowest BCUT2D eigenvalue weighted by atomic mass is 9.88. The third kappa shape index (κ3) is 7.21. The number of hydrogen-bond acceptors (Lipinski definition) is 4. The number of pyridine rings is 1. The van der Waals surface area contributed by atoms with Gasteiger partial charge in [0.2, 0.25) is 0 Å². The molecule has 0 atom stereocenters. The number of ether oxygens (including phenoxy) is 1. The highest BCUT2D eigenvalue weighted by atomic mass is 35.5. The van der Waals surface area contributed by atoms with E-state index in [0.717, 1.165) is 41.0 Å². The molecule has 0 bridgehead atoms. The van der Waals surface area contributed by atoms with Gasteiger partial charge in [0.25, 0.3) is 0 Å². The van der Waals surface area contributed by atoms with Crippen LogP contribution in [0.5, 0.6) is 5.75 Å². The molecule has 0 amide bonds. The Morgan fingerprint density at radius 3 is 2.19 bits per heavy atom. The van der Waals surface area contributed by atoms with Crippen LogP contribution >= 0.6 is 12.4 Å². The lowest BCUT2D eigenvalue weighted by Gasteiger charge is -2.18. The van der Waals surface area contributed by atoms with Crippen LogP contribution in [-0.2, 0) is 0 Å². The number of halogens is 1. The molecule has 0 aliphatic rings. The number of likely N-dealkylation sites (N-methyl/N-ethyl adjacent to an activating group) is 1. The molecule has 0 aliphatic carbocycles. The zero-order valence-electron chi connectivity index (χ0n) is 18.2. The highest BCUT2D eigenvalue weighted by Gasteiger charge is 2.14. The fraction of sp³-hybridized carbons (Fsp3) is 0.269. The number of hydrogen-bond donors (Lipinski definition) is 1. The van der Waals surface area contributed by atoms with Crippen molar-refractivity contribution in [1.82, 2.24) is 9.88 Å². The number of rotatable bonds is 10. The van der Waals surface area contributed by atoms with Gasteiger partial charge in [-0.3, -0.25) is 4.98 Å². The summed E-state index contributed by atoms with van der Waals surface area (Å²) in [6, 6.07) is 22.7. The number of nitrogens with zero attached hydrogens (tertiary/aromatic N) is 2. The molecule has 3 aromatic rings. The van der Waals surface area contributed by atoms with Crippen LogP contribution in [0.3, 0.4) is 0 Å². The first-order chi connectivity index (χ1) is 14.7. The van der Waals surface area contributed by atoms with Crippen molar-refractivity contribution in [2.24, 2.45) is 0 Å². The quantitative estimate of drug-likeness (QED) is 0.474. The van der Waals surface area contributed by atoms with Crippen molar-refractivity contribution in [3.8, 4) is 5.75 Å². The Kier molecular flexibility index (Phi) is 10.2. The first-order valence-corrected chi connectivity index (χ1v) is 10.4. The van der Waals surface area contributed by atoms with Gasteiger partial charge in [0.15, 0.2) is 0 Å². The van der Waals surface area contributed by atoms with E-state index in [-0.39, 0.29) is 19.0 Å². The Morgan fingerprint density at radius 2 is 1.58 bits per heavy atom. The topological polar surface area (TPSA) is 45.6 Å². The summed E-state index contributed by atoms with van der Waals surface area (Å²) in [6.45, 7) is 1.69. The van der Waals surface area contributed by atoms with Crippen LogP contribution in [0, 0.1) is 0 Å². The minimum atomic E-state index is 0. The molecular weight excluding hydrogens is 408 g/mol. The molecule has 0 fully saturated rings. The summed E-state index contributed by atoms with van der Waals surface area (Å²) in [4.78, 5) is 6.43. The van der Waals surface area contributed by atoms with Gasteiger partial charge >= 0.3 is 0 Å². The summed E-state index contributed by atoms with van der Waals surface area (Å²) in [5.41, 5.74) is 5.70. The number of allylic oxidation sites excluding steroid dienone is 1. The number of aliphatic hydroxyl groups is 1. The zero-order chi connectivity index (χ0) is 21.2. The van der Waals surface area contributed by atoms with Crippen LogP contribution in [0.1, 0.15) is 29.5 Å². The number of benzene rings is 2. The van der Waals surface area contributed by atoms with Crippen LogP contribution in [0.15, 0.2) is 79.1 Å². The second-order valence-corrected chi connectivity index (χ2v) is 7.46. The van der Waals surface area contributed by atoms with Gasteiger partial charge in [0.1, 0.15) is 12.4 Å². The van der Waals surface area contributed by atoms with E-state index in [1.165, 1.54) is 5.57 Å². The van der Waals surface area contributed by atoms with Crippen molar-refractivity contribution < 1.29 is 9.84 Å². The third-order valence-corrected chi connectivity index (χ3v) is 4.91. The predicted octanol–water partition coefficient (Wildman–Crippen LogP) is 5.18. The molecule has 1 N–H and O–H groups in total.